The first-order valence-electron chi connectivity index (χ1n) is 11.5. The largest absolute Gasteiger partial charge is 0.472 e. The lowest BCUT2D eigenvalue weighted by Crippen LogP contribution is -2.49. The minimum Gasteiger partial charge on any atom is -0.472 e. The zero-order valence-electron chi connectivity index (χ0n) is 19.8. The van der Waals surface area contributed by atoms with Gasteiger partial charge in [-0.15, -0.1) is 0 Å². The number of hydrogen-bond acceptors (Lipinski definition) is 7. The van der Waals surface area contributed by atoms with Crippen LogP contribution in [-0.2, 0) is 6.54 Å². The molecule has 4 heterocycles. The van der Waals surface area contributed by atoms with E-state index in [4.69, 9.17) is 4.74 Å². The van der Waals surface area contributed by atoms with E-state index in [0.29, 0.717) is 24.5 Å². The third kappa shape index (κ3) is 5.40. The van der Waals surface area contributed by atoms with Gasteiger partial charge in [-0.3, -0.25) is 19.7 Å². The minimum absolute atomic E-state index is 0.0316. The Kier molecular flexibility index (Phi) is 7.49. The molecule has 0 fully saturated rings. The van der Waals surface area contributed by atoms with E-state index in [1.807, 2.05) is 50.5 Å². The third-order valence-electron chi connectivity index (χ3n) is 6.20. The molecular weight excluding hydrogens is 430 g/mol. The van der Waals surface area contributed by atoms with Gasteiger partial charge in [-0.05, 0) is 49.4 Å². The summed E-state index contributed by atoms with van der Waals surface area (Å²) in [6.07, 6.45) is 8.58. The van der Waals surface area contributed by atoms with Crippen molar-refractivity contribution in [2.75, 3.05) is 26.7 Å². The number of hydrogen-bond donors (Lipinski definition) is 1. The molecule has 4 rings (SSSR count). The summed E-state index contributed by atoms with van der Waals surface area (Å²) < 4.78 is 6.39. The molecule has 0 saturated heterocycles. The second kappa shape index (κ2) is 10.7. The fourth-order valence-electron chi connectivity index (χ4n) is 4.20. The number of carbonyl (C=O) groups excluding carboxylic acids is 1. The molecule has 178 valence electrons. The molecular formula is C26H31N5O3. The van der Waals surface area contributed by atoms with Gasteiger partial charge in [0.05, 0.1) is 12.6 Å². The zero-order valence-corrected chi connectivity index (χ0v) is 19.8. The normalized spacial score (nSPS) is 19.2. The summed E-state index contributed by atoms with van der Waals surface area (Å²) in [7, 11) is 2.04. The molecule has 34 heavy (non-hydrogen) atoms. The van der Waals surface area contributed by atoms with E-state index in [9.17, 15) is 9.90 Å². The van der Waals surface area contributed by atoms with Gasteiger partial charge in [-0.2, -0.15) is 0 Å². The van der Waals surface area contributed by atoms with Gasteiger partial charge in [0.25, 0.3) is 5.91 Å². The summed E-state index contributed by atoms with van der Waals surface area (Å²) in [6, 6.07) is 9.24. The van der Waals surface area contributed by atoms with Crippen molar-refractivity contribution in [3.8, 4) is 17.0 Å². The Balaban J connectivity index is 1.65. The van der Waals surface area contributed by atoms with Crippen molar-refractivity contribution in [2.45, 2.75) is 32.5 Å². The third-order valence-corrected chi connectivity index (χ3v) is 6.20. The quantitative estimate of drug-likeness (QED) is 0.578. The average Bonchev–Trinajstić information content (AvgIpc) is 2.86. The highest BCUT2D eigenvalue weighted by Crippen LogP contribution is 2.30. The maximum Gasteiger partial charge on any atom is 0.259 e. The van der Waals surface area contributed by atoms with Crippen LogP contribution in [0.15, 0.2) is 61.3 Å². The maximum atomic E-state index is 13.6. The van der Waals surface area contributed by atoms with Gasteiger partial charge in [0.1, 0.15) is 11.7 Å². The molecule has 3 aromatic heterocycles. The lowest BCUT2D eigenvalue weighted by molar-refractivity contribution is 0.0325. The highest BCUT2D eigenvalue weighted by atomic mass is 16.5. The van der Waals surface area contributed by atoms with E-state index in [1.165, 1.54) is 0 Å². The summed E-state index contributed by atoms with van der Waals surface area (Å²) in [5, 5.41) is 9.85. The van der Waals surface area contributed by atoms with Crippen molar-refractivity contribution in [3.05, 3.63) is 72.4 Å². The Hall–Kier alpha value is -3.36. The Morgan fingerprint density at radius 3 is 2.68 bits per heavy atom. The molecule has 1 aliphatic heterocycles. The summed E-state index contributed by atoms with van der Waals surface area (Å²) in [4.78, 5) is 30.3. The van der Waals surface area contributed by atoms with Crippen LogP contribution in [-0.4, -0.2) is 74.7 Å². The van der Waals surface area contributed by atoms with Gasteiger partial charge in [-0.1, -0.05) is 13.0 Å². The minimum atomic E-state index is -0.320. The summed E-state index contributed by atoms with van der Waals surface area (Å²) in [5.74, 6) is 0.169. The molecule has 3 atom stereocenters. The molecule has 1 amide bonds. The van der Waals surface area contributed by atoms with E-state index >= 15 is 0 Å². The number of aliphatic hydroxyl groups excluding tert-OH is 1. The number of amides is 1. The molecule has 3 aromatic rings. The van der Waals surface area contributed by atoms with Crippen LogP contribution in [0.5, 0.6) is 5.88 Å². The first-order valence-corrected chi connectivity index (χ1v) is 11.5. The Labute approximate surface area is 200 Å². The first kappa shape index (κ1) is 23.8. The van der Waals surface area contributed by atoms with E-state index in [0.717, 1.165) is 23.2 Å². The van der Waals surface area contributed by atoms with Crippen molar-refractivity contribution in [3.63, 3.8) is 0 Å². The van der Waals surface area contributed by atoms with Crippen LogP contribution < -0.4 is 4.74 Å². The van der Waals surface area contributed by atoms with E-state index in [2.05, 4.69) is 26.8 Å². The zero-order chi connectivity index (χ0) is 24.1. The predicted octanol–water partition coefficient (Wildman–Crippen LogP) is 2.89. The summed E-state index contributed by atoms with van der Waals surface area (Å²) in [5.41, 5.74) is 3.26. The number of aromatic nitrogens is 3. The Morgan fingerprint density at radius 1 is 1.18 bits per heavy atom. The molecule has 1 N–H and O–H groups in total. The molecule has 8 heteroatoms. The number of likely N-dealkylation sites (N-methyl/N-ethyl adjacent to an activating group) is 1. The van der Waals surface area contributed by atoms with Crippen molar-refractivity contribution < 1.29 is 14.6 Å². The maximum absolute atomic E-state index is 13.6. The molecule has 8 nitrogen and oxygen atoms in total. The number of carbonyl (C=O) groups is 1. The number of nitrogens with zero attached hydrogens (tertiary/aromatic N) is 5. The number of aliphatic hydroxyl groups is 1. The van der Waals surface area contributed by atoms with E-state index in [1.54, 1.807) is 29.7 Å². The van der Waals surface area contributed by atoms with Crippen molar-refractivity contribution in [2.24, 2.45) is 5.92 Å². The molecule has 0 bridgehead atoms. The standard InChI is InChI=1S/C26H31N5O3/c1-18-14-31(19(2)17-32)26(33)23-11-22(21-6-9-27-10-7-21)13-29-25(23)34-24(18)16-30(3)15-20-5-4-8-28-12-20/h4-13,18-19,24,32H,14-17H2,1-3H3/t18-,19-,24+/m0/s1. The second-order valence-corrected chi connectivity index (χ2v) is 8.99. The lowest BCUT2D eigenvalue weighted by atomic mass is 9.99. The van der Waals surface area contributed by atoms with Gasteiger partial charge in [0, 0.05) is 62.1 Å². The van der Waals surface area contributed by atoms with E-state index < -0.39 is 0 Å². The predicted molar refractivity (Wildman–Crippen MR) is 129 cm³/mol. The first-order chi connectivity index (χ1) is 16.5. The number of pyridine rings is 3. The molecule has 0 spiro atoms. The Bertz CT molecular complexity index is 1100. The Morgan fingerprint density at radius 2 is 1.97 bits per heavy atom. The van der Waals surface area contributed by atoms with Crippen LogP contribution in [0.25, 0.3) is 11.1 Å². The van der Waals surface area contributed by atoms with Gasteiger partial charge in [-0.25, -0.2) is 4.98 Å². The highest BCUT2D eigenvalue weighted by molar-refractivity contribution is 5.98. The number of ether oxygens (including phenoxy) is 1. The fourth-order valence-corrected chi connectivity index (χ4v) is 4.20. The fraction of sp³-hybridized carbons (Fsp3) is 0.385. The van der Waals surface area contributed by atoms with Crippen LogP contribution >= 0.6 is 0 Å². The van der Waals surface area contributed by atoms with Crippen molar-refractivity contribution in [1.29, 1.82) is 0 Å². The van der Waals surface area contributed by atoms with Gasteiger partial charge >= 0.3 is 0 Å². The number of fused-ring (bicyclic) bond motifs is 1. The van der Waals surface area contributed by atoms with Crippen molar-refractivity contribution in [1.82, 2.24) is 24.8 Å². The summed E-state index contributed by atoms with van der Waals surface area (Å²) >= 11 is 0. The molecule has 1 aliphatic rings. The SMILES string of the molecule is C[C@H]1CN([C@@H](C)CO)C(=O)c2cc(-c3ccncc3)cnc2O[C@@H]1CN(C)Cc1cccnc1. The van der Waals surface area contributed by atoms with Gasteiger partial charge < -0.3 is 14.7 Å². The smallest absolute Gasteiger partial charge is 0.259 e. The molecule has 0 saturated carbocycles. The summed E-state index contributed by atoms with van der Waals surface area (Å²) in [6.45, 7) is 5.68. The molecule has 0 unspecified atom stereocenters. The average molecular weight is 462 g/mol. The highest BCUT2D eigenvalue weighted by Gasteiger charge is 2.34. The van der Waals surface area contributed by atoms with Crippen LogP contribution in [0.3, 0.4) is 0 Å². The molecule has 0 aliphatic carbocycles. The molecule has 0 aromatic carbocycles. The topological polar surface area (TPSA) is 91.7 Å². The van der Waals surface area contributed by atoms with Crippen molar-refractivity contribution >= 4 is 5.91 Å². The van der Waals surface area contributed by atoms with Crippen LogP contribution in [0.1, 0.15) is 29.8 Å². The monoisotopic (exact) mass is 461 g/mol. The number of rotatable bonds is 7. The lowest BCUT2D eigenvalue weighted by Gasteiger charge is -2.37. The van der Waals surface area contributed by atoms with Crippen LogP contribution in [0.2, 0.25) is 0 Å². The second-order valence-electron chi connectivity index (χ2n) is 8.99. The van der Waals surface area contributed by atoms with Gasteiger partial charge in [0.2, 0.25) is 5.88 Å². The molecule has 0 radical (unpaired) electrons. The van der Waals surface area contributed by atoms with Crippen LogP contribution in [0.4, 0.5) is 0 Å². The van der Waals surface area contributed by atoms with Crippen LogP contribution in [0, 0.1) is 5.92 Å². The van der Waals surface area contributed by atoms with Gasteiger partial charge in [0.15, 0.2) is 0 Å². The van der Waals surface area contributed by atoms with E-state index in [-0.39, 0.29) is 30.6 Å².